The van der Waals surface area contributed by atoms with E-state index in [2.05, 4.69) is 15.3 Å². The van der Waals surface area contributed by atoms with Gasteiger partial charge in [0.15, 0.2) is 0 Å². The van der Waals surface area contributed by atoms with E-state index in [0.29, 0.717) is 32.0 Å². The first-order chi connectivity index (χ1) is 14.3. The predicted molar refractivity (Wildman–Crippen MR) is 109 cm³/mol. The number of ether oxygens (including phenoxy) is 1. The zero-order valence-corrected chi connectivity index (χ0v) is 17.8. The molecule has 0 unspecified atom stereocenters. The molecule has 6 nitrogen and oxygen atoms in total. The van der Waals surface area contributed by atoms with Crippen molar-refractivity contribution >= 4 is 41.2 Å². The minimum absolute atomic E-state index is 0.0473. The van der Waals surface area contributed by atoms with Crippen molar-refractivity contribution in [2.24, 2.45) is 5.10 Å². The Kier molecular flexibility index (Phi) is 7.32. The number of alkyl halides is 3. The van der Waals surface area contributed by atoms with E-state index in [9.17, 15) is 13.2 Å². The van der Waals surface area contributed by atoms with E-state index in [1.807, 2.05) is 6.92 Å². The third kappa shape index (κ3) is 5.71. The van der Waals surface area contributed by atoms with Crippen molar-refractivity contribution in [3.8, 4) is 5.75 Å². The van der Waals surface area contributed by atoms with Gasteiger partial charge in [-0.2, -0.15) is 22.9 Å². The Labute approximate surface area is 184 Å². The van der Waals surface area contributed by atoms with Crippen LogP contribution in [-0.4, -0.2) is 26.8 Å². The summed E-state index contributed by atoms with van der Waals surface area (Å²) in [5.74, 6) is 0.419. The average molecular weight is 479 g/mol. The van der Waals surface area contributed by atoms with Crippen molar-refractivity contribution < 1.29 is 22.3 Å². The number of aromatic nitrogens is 3. The molecule has 12 heteroatoms. The molecule has 0 aliphatic rings. The molecule has 0 aliphatic heterocycles. The summed E-state index contributed by atoms with van der Waals surface area (Å²) < 4.78 is 51.3. The van der Waals surface area contributed by atoms with Crippen LogP contribution in [-0.2, 0) is 12.8 Å². The topological polar surface area (TPSA) is 65.4 Å². The van der Waals surface area contributed by atoms with Gasteiger partial charge in [-0.3, -0.25) is 0 Å². The molecule has 0 aliphatic carbocycles. The van der Waals surface area contributed by atoms with E-state index in [0.717, 1.165) is 24.4 Å². The Hall–Kier alpha value is -2.17. The first-order valence-electron chi connectivity index (χ1n) is 8.64. The summed E-state index contributed by atoms with van der Waals surface area (Å²) in [5.41, 5.74) is 0. The Morgan fingerprint density at radius 3 is 2.77 bits per heavy atom. The highest BCUT2D eigenvalue weighted by molar-refractivity contribution is 7.99. The third-order valence-electron chi connectivity index (χ3n) is 3.55. The number of thioether (sulfide) groups is 1. The molecular weight excluding hydrogens is 464 g/mol. The maximum absolute atomic E-state index is 13.2. The van der Waals surface area contributed by atoms with Crippen LogP contribution in [0.25, 0.3) is 0 Å². The number of hydrogen-bond donors (Lipinski definition) is 0. The molecule has 0 saturated heterocycles. The van der Waals surface area contributed by atoms with Crippen molar-refractivity contribution in [3.63, 3.8) is 0 Å². The predicted octanol–water partition coefficient (Wildman–Crippen LogP) is 6.16. The van der Waals surface area contributed by atoms with E-state index in [4.69, 9.17) is 32.4 Å². The van der Waals surface area contributed by atoms with Gasteiger partial charge in [0.05, 0.1) is 11.2 Å². The second-order valence-corrected chi connectivity index (χ2v) is 7.78. The van der Waals surface area contributed by atoms with Crippen LogP contribution < -0.4 is 4.74 Å². The van der Waals surface area contributed by atoms with Gasteiger partial charge in [-0.05, 0) is 30.7 Å². The van der Waals surface area contributed by atoms with Crippen molar-refractivity contribution in [1.82, 2.24) is 14.9 Å². The monoisotopic (exact) mass is 478 g/mol. The van der Waals surface area contributed by atoms with Gasteiger partial charge in [-0.1, -0.05) is 41.9 Å². The molecule has 0 spiro atoms. The van der Waals surface area contributed by atoms with E-state index >= 15 is 0 Å². The summed E-state index contributed by atoms with van der Waals surface area (Å²) >= 11 is 13.1. The van der Waals surface area contributed by atoms with Gasteiger partial charge < -0.3 is 9.15 Å². The first kappa shape index (κ1) is 22.5. The zero-order chi connectivity index (χ0) is 21.7. The molecule has 0 saturated carbocycles. The van der Waals surface area contributed by atoms with E-state index < -0.39 is 12.0 Å². The van der Waals surface area contributed by atoms with Crippen LogP contribution in [0, 0.1) is 0 Å². The highest BCUT2D eigenvalue weighted by atomic mass is 35.5. The van der Waals surface area contributed by atoms with Gasteiger partial charge in [0, 0.05) is 16.8 Å². The zero-order valence-electron chi connectivity index (χ0n) is 15.5. The molecular formula is C18H15Cl2F3N4O2S. The maximum Gasteiger partial charge on any atom is 0.453 e. The molecule has 2 heterocycles. The highest BCUT2D eigenvalue weighted by Crippen LogP contribution is 2.31. The van der Waals surface area contributed by atoms with Crippen LogP contribution >= 0.6 is 35.0 Å². The molecule has 160 valence electrons. The Morgan fingerprint density at radius 1 is 1.23 bits per heavy atom. The lowest BCUT2D eigenvalue weighted by Gasteiger charge is -2.06. The van der Waals surface area contributed by atoms with Crippen LogP contribution in [0.5, 0.6) is 5.75 Å². The van der Waals surface area contributed by atoms with E-state index in [-0.39, 0.29) is 17.5 Å². The van der Waals surface area contributed by atoms with Crippen LogP contribution in [0.2, 0.25) is 10.0 Å². The number of furan rings is 1. The average Bonchev–Trinajstić information content (AvgIpc) is 3.31. The summed E-state index contributed by atoms with van der Waals surface area (Å²) in [4.78, 5) is 0. The fourth-order valence-electron chi connectivity index (χ4n) is 2.22. The molecule has 0 amide bonds. The molecule has 0 atom stereocenters. The second kappa shape index (κ2) is 9.76. The van der Waals surface area contributed by atoms with Gasteiger partial charge in [-0.25, -0.2) is 0 Å². The summed E-state index contributed by atoms with van der Waals surface area (Å²) in [7, 11) is 0. The minimum Gasteiger partial charge on any atom is -0.484 e. The largest absolute Gasteiger partial charge is 0.484 e. The van der Waals surface area contributed by atoms with Crippen LogP contribution in [0.1, 0.15) is 30.7 Å². The minimum atomic E-state index is -4.69. The first-order valence-corrected chi connectivity index (χ1v) is 10.4. The summed E-state index contributed by atoms with van der Waals surface area (Å²) in [6.07, 6.45) is -2.76. The van der Waals surface area contributed by atoms with Crippen LogP contribution in [0.4, 0.5) is 13.2 Å². The van der Waals surface area contributed by atoms with Gasteiger partial charge in [0.1, 0.15) is 23.9 Å². The lowest BCUT2D eigenvalue weighted by molar-refractivity contribution is -0.147. The standard InChI is InChI=1S/C18H15Cl2F3N4O2S/c1-2-7-30-17-26-25-16(18(21,22)23)27(17)24-9-12-4-5-13(29-12)10-28-15-8-11(19)3-6-14(15)20/h3-6,8-9H,2,7,10H2,1H3/b24-9-. The van der Waals surface area contributed by atoms with Gasteiger partial charge in [0.25, 0.3) is 5.82 Å². The van der Waals surface area contributed by atoms with E-state index in [1.165, 1.54) is 0 Å². The fourth-order valence-corrected chi connectivity index (χ4v) is 3.30. The molecule has 0 radical (unpaired) electrons. The summed E-state index contributed by atoms with van der Waals surface area (Å²) in [6.45, 7) is 1.95. The van der Waals surface area contributed by atoms with Crippen molar-refractivity contribution in [3.05, 3.63) is 57.7 Å². The van der Waals surface area contributed by atoms with Gasteiger partial charge in [-0.15, -0.1) is 10.2 Å². The number of hydrogen-bond acceptors (Lipinski definition) is 6. The van der Waals surface area contributed by atoms with Crippen molar-refractivity contribution in [2.75, 3.05) is 5.75 Å². The van der Waals surface area contributed by atoms with Gasteiger partial charge in [0.2, 0.25) is 5.16 Å². The lowest BCUT2D eigenvalue weighted by Crippen LogP contribution is -2.13. The number of benzene rings is 1. The summed E-state index contributed by atoms with van der Waals surface area (Å²) in [5, 5.41) is 11.6. The number of nitrogens with zero attached hydrogens (tertiary/aromatic N) is 4. The van der Waals surface area contributed by atoms with Crippen LogP contribution in [0.3, 0.4) is 0 Å². The Bertz CT molecular complexity index is 1040. The van der Waals surface area contributed by atoms with Crippen LogP contribution in [0.15, 0.2) is 45.0 Å². The Morgan fingerprint density at radius 2 is 2.03 bits per heavy atom. The lowest BCUT2D eigenvalue weighted by atomic mass is 10.3. The molecule has 0 fully saturated rings. The SMILES string of the molecule is CCCSc1nnc(C(F)(F)F)n1/N=C\c1ccc(COc2cc(Cl)ccc2Cl)o1. The Balaban J connectivity index is 1.74. The normalized spacial score (nSPS) is 12.1. The third-order valence-corrected chi connectivity index (χ3v) is 5.22. The maximum atomic E-state index is 13.2. The molecule has 2 aromatic heterocycles. The molecule has 30 heavy (non-hydrogen) atoms. The number of rotatable bonds is 8. The molecule has 0 N–H and O–H groups in total. The van der Waals surface area contributed by atoms with E-state index in [1.54, 1.807) is 30.3 Å². The molecule has 3 rings (SSSR count). The smallest absolute Gasteiger partial charge is 0.453 e. The molecule has 1 aromatic carbocycles. The number of halogens is 5. The molecule has 3 aromatic rings. The summed E-state index contributed by atoms with van der Waals surface area (Å²) in [6, 6.07) is 7.97. The second-order valence-electron chi connectivity index (χ2n) is 5.88. The van der Waals surface area contributed by atoms with Gasteiger partial charge >= 0.3 is 6.18 Å². The molecule has 0 bridgehead atoms. The van der Waals surface area contributed by atoms with Crippen molar-refractivity contribution in [1.29, 1.82) is 0 Å². The fraction of sp³-hybridized carbons (Fsp3) is 0.278. The quantitative estimate of drug-likeness (QED) is 0.286. The highest BCUT2D eigenvalue weighted by Gasteiger charge is 2.39. The van der Waals surface area contributed by atoms with Crippen molar-refractivity contribution in [2.45, 2.75) is 31.3 Å².